The summed E-state index contributed by atoms with van der Waals surface area (Å²) in [6.07, 6.45) is 6.41. The van der Waals surface area contributed by atoms with E-state index in [1.807, 2.05) is 18.7 Å². The molecule has 6 heteroatoms. The summed E-state index contributed by atoms with van der Waals surface area (Å²) in [5, 5.41) is 11.9. The molecule has 6 nitrogen and oxygen atoms in total. The number of carbonyl (C=O) groups excluding carboxylic acids is 2. The van der Waals surface area contributed by atoms with Crippen molar-refractivity contribution in [3.05, 3.63) is 0 Å². The molecule has 23 heavy (non-hydrogen) atoms. The zero-order chi connectivity index (χ0) is 17.0. The van der Waals surface area contributed by atoms with Crippen molar-refractivity contribution in [3.63, 3.8) is 0 Å². The Bertz CT molecular complexity index is 460. The van der Waals surface area contributed by atoms with Gasteiger partial charge in [-0.25, -0.2) is 4.79 Å². The Hall–Kier alpha value is -1.59. The molecule has 0 spiro atoms. The minimum Gasteiger partial charge on any atom is -0.480 e. The zero-order valence-corrected chi connectivity index (χ0v) is 14.1. The van der Waals surface area contributed by atoms with Gasteiger partial charge in [0.1, 0.15) is 6.04 Å². The fourth-order valence-corrected chi connectivity index (χ4v) is 3.61. The predicted octanol–water partition coefficient (Wildman–Crippen LogP) is 1.78. The first kappa shape index (κ1) is 17.8. The molecule has 1 aliphatic heterocycles. The van der Waals surface area contributed by atoms with E-state index in [1.165, 1.54) is 6.42 Å². The Morgan fingerprint density at radius 1 is 1.30 bits per heavy atom. The molecular formula is C17H28N2O4. The number of carbonyl (C=O) groups is 3. The topological polar surface area (TPSA) is 86.7 Å². The molecular weight excluding hydrogens is 296 g/mol. The Morgan fingerprint density at radius 3 is 2.52 bits per heavy atom. The maximum atomic E-state index is 12.4. The first-order valence-corrected chi connectivity index (χ1v) is 8.76. The van der Waals surface area contributed by atoms with Crippen LogP contribution in [0, 0.1) is 11.8 Å². The van der Waals surface area contributed by atoms with Gasteiger partial charge in [0, 0.05) is 19.0 Å². The van der Waals surface area contributed by atoms with E-state index in [0.29, 0.717) is 13.0 Å². The van der Waals surface area contributed by atoms with Gasteiger partial charge >= 0.3 is 5.97 Å². The molecule has 1 heterocycles. The number of hydrogen-bond acceptors (Lipinski definition) is 3. The second kappa shape index (κ2) is 7.79. The van der Waals surface area contributed by atoms with Crippen LogP contribution in [0.1, 0.15) is 58.8 Å². The van der Waals surface area contributed by atoms with Gasteiger partial charge in [-0.1, -0.05) is 39.5 Å². The molecule has 0 aromatic heterocycles. The average molecular weight is 324 g/mol. The molecule has 1 saturated heterocycles. The van der Waals surface area contributed by atoms with Crippen molar-refractivity contribution in [2.45, 2.75) is 70.9 Å². The molecule has 3 atom stereocenters. The molecule has 2 aliphatic rings. The summed E-state index contributed by atoms with van der Waals surface area (Å²) in [5.41, 5.74) is 0. The Kier molecular flexibility index (Phi) is 6.02. The van der Waals surface area contributed by atoms with Gasteiger partial charge in [-0.3, -0.25) is 9.59 Å². The summed E-state index contributed by atoms with van der Waals surface area (Å²) in [6.45, 7) is 4.14. The average Bonchev–Trinajstić information content (AvgIpc) is 2.94. The van der Waals surface area contributed by atoms with E-state index in [1.54, 1.807) is 0 Å². The van der Waals surface area contributed by atoms with Crippen LogP contribution in [0.2, 0.25) is 0 Å². The Balaban J connectivity index is 1.95. The molecule has 1 saturated carbocycles. The summed E-state index contributed by atoms with van der Waals surface area (Å²) in [4.78, 5) is 37.8. The number of rotatable bonds is 6. The molecule has 0 aromatic rings. The molecule has 2 N–H and O–H groups in total. The van der Waals surface area contributed by atoms with Gasteiger partial charge in [0.05, 0.1) is 5.92 Å². The fourth-order valence-electron chi connectivity index (χ4n) is 3.61. The van der Waals surface area contributed by atoms with E-state index < -0.39 is 17.9 Å². The molecule has 130 valence electrons. The van der Waals surface area contributed by atoms with Gasteiger partial charge in [0.15, 0.2) is 0 Å². The van der Waals surface area contributed by atoms with E-state index in [4.69, 9.17) is 0 Å². The van der Waals surface area contributed by atoms with E-state index in [9.17, 15) is 19.5 Å². The van der Waals surface area contributed by atoms with Gasteiger partial charge in [-0.05, 0) is 18.8 Å². The second-order valence-corrected chi connectivity index (χ2v) is 6.95. The number of hydrogen-bond donors (Lipinski definition) is 2. The lowest BCUT2D eigenvalue weighted by Crippen LogP contribution is -2.48. The van der Waals surface area contributed by atoms with E-state index >= 15 is 0 Å². The molecule has 3 unspecified atom stereocenters. The van der Waals surface area contributed by atoms with Crippen molar-refractivity contribution >= 4 is 17.8 Å². The Morgan fingerprint density at radius 2 is 1.96 bits per heavy atom. The van der Waals surface area contributed by atoms with Gasteiger partial charge in [-0.15, -0.1) is 0 Å². The molecule has 1 aliphatic carbocycles. The molecule has 2 rings (SSSR count). The third-order valence-electron chi connectivity index (χ3n) is 5.32. The van der Waals surface area contributed by atoms with Gasteiger partial charge < -0.3 is 15.3 Å². The first-order valence-electron chi connectivity index (χ1n) is 8.76. The summed E-state index contributed by atoms with van der Waals surface area (Å²) in [5.74, 6) is -1.84. The highest BCUT2D eigenvalue weighted by Gasteiger charge is 2.39. The van der Waals surface area contributed by atoms with Crippen molar-refractivity contribution < 1.29 is 19.5 Å². The quantitative estimate of drug-likeness (QED) is 0.780. The Labute approximate surface area is 137 Å². The maximum Gasteiger partial charge on any atom is 0.326 e. The number of amides is 2. The van der Waals surface area contributed by atoms with Crippen LogP contribution in [0.15, 0.2) is 0 Å². The van der Waals surface area contributed by atoms with Crippen molar-refractivity contribution in [2.24, 2.45) is 11.8 Å². The summed E-state index contributed by atoms with van der Waals surface area (Å²) in [6, 6.07) is -0.620. The number of carboxylic acid groups (broad SMARTS) is 1. The number of carboxylic acids is 1. The lowest BCUT2D eigenvalue weighted by Gasteiger charge is -2.31. The fraction of sp³-hybridized carbons (Fsp3) is 0.824. The molecule has 2 amide bonds. The summed E-state index contributed by atoms with van der Waals surface area (Å²) >= 11 is 0. The zero-order valence-electron chi connectivity index (χ0n) is 14.1. The highest BCUT2D eigenvalue weighted by molar-refractivity contribution is 5.91. The van der Waals surface area contributed by atoms with E-state index in [0.717, 1.165) is 25.7 Å². The molecule has 0 radical (unpaired) electrons. The monoisotopic (exact) mass is 324 g/mol. The SMILES string of the molecule is CCC(C)C(NC(=O)C1CC(=O)N(C2CCCCC2)C1)C(=O)O. The smallest absolute Gasteiger partial charge is 0.326 e. The lowest BCUT2D eigenvalue weighted by molar-refractivity contribution is -0.144. The van der Waals surface area contributed by atoms with Crippen LogP contribution >= 0.6 is 0 Å². The van der Waals surface area contributed by atoms with Crippen LogP contribution in [-0.4, -0.2) is 46.4 Å². The lowest BCUT2D eigenvalue weighted by atomic mass is 9.94. The van der Waals surface area contributed by atoms with Crippen LogP contribution in [-0.2, 0) is 14.4 Å². The number of likely N-dealkylation sites (tertiary alicyclic amines) is 1. The van der Waals surface area contributed by atoms with Gasteiger partial charge in [0.2, 0.25) is 11.8 Å². The van der Waals surface area contributed by atoms with Crippen LogP contribution in [0.3, 0.4) is 0 Å². The number of aliphatic carboxylic acids is 1. The van der Waals surface area contributed by atoms with Gasteiger partial charge in [-0.2, -0.15) is 0 Å². The number of nitrogens with zero attached hydrogens (tertiary/aromatic N) is 1. The first-order chi connectivity index (χ1) is 10.9. The highest BCUT2D eigenvalue weighted by Crippen LogP contribution is 2.28. The van der Waals surface area contributed by atoms with Crippen molar-refractivity contribution in [1.82, 2.24) is 10.2 Å². The third-order valence-corrected chi connectivity index (χ3v) is 5.32. The van der Waals surface area contributed by atoms with Gasteiger partial charge in [0.25, 0.3) is 0 Å². The van der Waals surface area contributed by atoms with Crippen LogP contribution in [0.5, 0.6) is 0 Å². The second-order valence-electron chi connectivity index (χ2n) is 6.95. The molecule has 2 fully saturated rings. The predicted molar refractivity (Wildman–Crippen MR) is 85.7 cm³/mol. The standard InChI is InChI=1S/C17H28N2O4/c1-3-11(2)15(17(22)23)18-16(21)12-9-14(20)19(10-12)13-7-5-4-6-8-13/h11-13,15H,3-10H2,1-2H3,(H,18,21)(H,22,23). The third kappa shape index (κ3) is 4.24. The van der Waals surface area contributed by atoms with Crippen LogP contribution in [0.4, 0.5) is 0 Å². The highest BCUT2D eigenvalue weighted by atomic mass is 16.4. The largest absolute Gasteiger partial charge is 0.480 e. The normalized spacial score (nSPS) is 25.2. The number of nitrogens with one attached hydrogen (secondary N) is 1. The van der Waals surface area contributed by atoms with Crippen LogP contribution < -0.4 is 5.32 Å². The minimum atomic E-state index is -1.01. The molecule has 0 aromatic carbocycles. The minimum absolute atomic E-state index is 0.0347. The molecule has 0 bridgehead atoms. The van der Waals surface area contributed by atoms with Crippen molar-refractivity contribution in [2.75, 3.05) is 6.54 Å². The van der Waals surface area contributed by atoms with Crippen molar-refractivity contribution in [3.8, 4) is 0 Å². The van der Waals surface area contributed by atoms with E-state index in [-0.39, 0.29) is 30.2 Å². The maximum absolute atomic E-state index is 12.4. The summed E-state index contributed by atoms with van der Waals surface area (Å²) in [7, 11) is 0. The summed E-state index contributed by atoms with van der Waals surface area (Å²) < 4.78 is 0. The van der Waals surface area contributed by atoms with Crippen molar-refractivity contribution in [1.29, 1.82) is 0 Å². The van der Waals surface area contributed by atoms with E-state index in [2.05, 4.69) is 5.32 Å². The van der Waals surface area contributed by atoms with Crippen LogP contribution in [0.25, 0.3) is 0 Å².